The Hall–Kier alpha value is -3.33. The maximum atomic E-state index is 9.70. The molecule has 0 saturated carbocycles. The van der Waals surface area contributed by atoms with E-state index in [1.807, 2.05) is 45.0 Å². The molecule has 2 heterocycles. The molecule has 6 nitrogen and oxygen atoms in total. The van der Waals surface area contributed by atoms with Crippen LogP contribution < -0.4 is 5.73 Å². The van der Waals surface area contributed by atoms with Crippen LogP contribution in [0.4, 0.5) is 5.69 Å². The molecule has 2 N–H and O–H groups in total. The highest BCUT2D eigenvalue weighted by Crippen LogP contribution is 2.42. The van der Waals surface area contributed by atoms with Crippen molar-refractivity contribution in [2.24, 2.45) is 0 Å². The topological polar surface area (TPSA) is 101 Å². The number of nitrogens with two attached hydrogens (primary N) is 1. The summed E-state index contributed by atoms with van der Waals surface area (Å²) in [7, 11) is 0. The van der Waals surface area contributed by atoms with Crippen LogP contribution in [-0.4, -0.2) is 19.9 Å². The normalized spacial score (nSPS) is 15.1. The van der Waals surface area contributed by atoms with Gasteiger partial charge >= 0.3 is 0 Å². The molecular formula is C20H18N6. The van der Waals surface area contributed by atoms with E-state index in [1.165, 1.54) is 0 Å². The fourth-order valence-corrected chi connectivity index (χ4v) is 3.79. The van der Waals surface area contributed by atoms with E-state index in [0.717, 1.165) is 39.6 Å². The second kappa shape index (κ2) is 5.88. The summed E-state index contributed by atoms with van der Waals surface area (Å²) in [5, 5.41) is 9.70. The summed E-state index contributed by atoms with van der Waals surface area (Å²) in [5.41, 5.74) is 12.6. The van der Waals surface area contributed by atoms with Crippen LogP contribution >= 0.6 is 0 Å². The number of nitriles is 1. The largest absolute Gasteiger partial charge is 0.399 e. The molecule has 0 radical (unpaired) electrons. The van der Waals surface area contributed by atoms with Crippen LogP contribution in [0.5, 0.6) is 0 Å². The average Bonchev–Trinajstić information content (AvgIpc) is 2.59. The number of hydrogen-bond acceptors (Lipinski definition) is 6. The van der Waals surface area contributed by atoms with E-state index in [1.54, 1.807) is 0 Å². The third kappa shape index (κ3) is 2.49. The monoisotopic (exact) mass is 342 g/mol. The summed E-state index contributed by atoms with van der Waals surface area (Å²) in [6.45, 7) is 5.70. The van der Waals surface area contributed by atoms with Gasteiger partial charge in [0.25, 0.3) is 0 Å². The molecule has 1 aliphatic rings. The van der Waals surface area contributed by atoms with E-state index in [4.69, 9.17) is 5.73 Å². The quantitative estimate of drug-likeness (QED) is 0.534. The second-order valence-electron chi connectivity index (χ2n) is 6.58. The van der Waals surface area contributed by atoms with Crippen LogP contribution in [0.15, 0.2) is 24.3 Å². The van der Waals surface area contributed by atoms with Crippen molar-refractivity contribution >= 4 is 5.69 Å². The Labute approximate surface area is 151 Å². The fourth-order valence-electron chi connectivity index (χ4n) is 3.79. The molecule has 1 atom stereocenters. The van der Waals surface area contributed by atoms with Crippen LogP contribution in [0.3, 0.4) is 0 Å². The number of aromatic nitrogens is 4. The third-order valence-corrected chi connectivity index (χ3v) is 4.75. The first-order valence-corrected chi connectivity index (χ1v) is 8.45. The maximum absolute atomic E-state index is 9.70. The summed E-state index contributed by atoms with van der Waals surface area (Å²) in [6, 6.07) is 9.96. The van der Waals surface area contributed by atoms with Gasteiger partial charge in [-0.2, -0.15) is 5.26 Å². The Bertz CT molecular complexity index is 1060. The van der Waals surface area contributed by atoms with Gasteiger partial charge in [0.05, 0.1) is 11.4 Å². The predicted octanol–water partition coefficient (Wildman–Crippen LogP) is 2.73. The van der Waals surface area contributed by atoms with Gasteiger partial charge in [-0.1, -0.05) is 12.1 Å². The van der Waals surface area contributed by atoms with E-state index in [9.17, 15) is 5.26 Å². The Morgan fingerprint density at radius 2 is 1.54 bits per heavy atom. The predicted molar refractivity (Wildman–Crippen MR) is 97.6 cm³/mol. The van der Waals surface area contributed by atoms with E-state index in [0.29, 0.717) is 23.6 Å². The van der Waals surface area contributed by atoms with Crippen molar-refractivity contribution < 1.29 is 0 Å². The van der Waals surface area contributed by atoms with Crippen molar-refractivity contribution in [1.29, 1.82) is 5.26 Å². The Balaban J connectivity index is 2.06. The highest BCUT2D eigenvalue weighted by atomic mass is 14.9. The van der Waals surface area contributed by atoms with Crippen molar-refractivity contribution in [2.75, 3.05) is 5.73 Å². The molecular weight excluding hydrogens is 324 g/mol. The molecule has 1 unspecified atom stereocenters. The summed E-state index contributed by atoms with van der Waals surface area (Å²) < 4.78 is 0. The summed E-state index contributed by atoms with van der Waals surface area (Å²) in [6.07, 6.45) is 0.582. The van der Waals surface area contributed by atoms with Gasteiger partial charge in [-0.25, -0.2) is 19.9 Å². The van der Waals surface area contributed by atoms with Gasteiger partial charge < -0.3 is 5.73 Å². The molecule has 0 aliphatic heterocycles. The zero-order valence-electron chi connectivity index (χ0n) is 14.9. The molecule has 1 aliphatic carbocycles. The highest BCUT2D eigenvalue weighted by Gasteiger charge is 2.34. The van der Waals surface area contributed by atoms with Gasteiger partial charge in [0.15, 0.2) is 0 Å². The molecule has 6 heteroatoms. The SMILES string of the molecule is Cc1nc(C)c2c(n1)Cc1nc(C)nc(C#N)c1C2c1ccc(N)cc1. The lowest BCUT2D eigenvalue weighted by Crippen LogP contribution is -2.23. The van der Waals surface area contributed by atoms with Crippen LogP contribution in [0.25, 0.3) is 0 Å². The Kier molecular flexibility index (Phi) is 3.66. The summed E-state index contributed by atoms with van der Waals surface area (Å²) >= 11 is 0. The smallest absolute Gasteiger partial charge is 0.148 e. The molecule has 26 heavy (non-hydrogen) atoms. The average molecular weight is 342 g/mol. The molecule has 3 aromatic rings. The standard InChI is InChI=1S/C20H18N6/c1-10-18-15(24-11(2)23-10)8-16-20(17(9-21)26-12(3)25-16)19(18)13-4-6-14(22)7-5-13/h4-7,19H,8,22H2,1-3H3. The summed E-state index contributed by atoms with van der Waals surface area (Å²) in [4.78, 5) is 18.2. The highest BCUT2D eigenvalue weighted by molar-refractivity contribution is 5.57. The molecule has 128 valence electrons. The van der Waals surface area contributed by atoms with Gasteiger partial charge in [0.1, 0.15) is 23.4 Å². The lowest BCUT2D eigenvalue weighted by atomic mass is 9.77. The van der Waals surface area contributed by atoms with E-state index >= 15 is 0 Å². The van der Waals surface area contributed by atoms with Crippen molar-refractivity contribution in [2.45, 2.75) is 33.1 Å². The van der Waals surface area contributed by atoms with Gasteiger partial charge in [-0.05, 0) is 38.5 Å². The number of nitrogens with zero attached hydrogens (tertiary/aromatic N) is 5. The van der Waals surface area contributed by atoms with Crippen LogP contribution in [0, 0.1) is 32.1 Å². The molecule has 1 aromatic carbocycles. The minimum Gasteiger partial charge on any atom is -0.399 e. The first-order chi connectivity index (χ1) is 12.5. The fraction of sp³-hybridized carbons (Fsp3) is 0.250. The van der Waals surface area contributed by atoms with Gasteiger partial charge in [-0.3, -0.25) is 0 Å². The van der Waals surface area contributed by atoms with E-state index in [-0.39, 0.29) is 5.92 Å². The number of anilines is 1. The van der Waals surface area contributed by atoms with Crippen molar-refractivity contribution in [1.82, 2.24) is 19.9 Å². The first-order valence-electron chi connectivity index (χ1n) is 8.45. The number of hydrogen-bond donors (Lipinski definition) is 1. The third-order valence-electron chi connectivity index (χ3n) is 4.75. The van der Waals surface area contributed by atoms with E-state index in [2.05, 4.69) is 26.0 Å². The molecule has 2 aromatic heterocycles. The molecule has 0 fully saturated rings. The number of rotatable bonds is 1. The Morgan fingerprint density at radius 3 is 2.19 bits per heavy atom. The van der Waals surface area contributed by atoms with Gasteiger partial charge in [-0.15, -0.1) is 0 Å². The zero-order chi connectivity index (χ0) is 18.4. The molecule has 4 rings (SSSR count). The second-order valence-corrected chi connectivity index (χ2v) is 6.58. The number of fused-ring (bicyclic) bond motifs is 2. The van der Waals surface area contributed by atoms with Crippen molar-refractivity contribution in [3.8, 4) is 6.07 Å². The number of benzene rings is 1. The minimum atomic E-state index is -0.176. The van der Waals surface area contributed by atoms with E-state index < -0.39 is 0 Å². The Morgan fingerprint density at radius 1 is 0.923 bits per heavy atom. The van der Waals surface area contributed by atoms with Crippen LogP contribution in [0.2, 0.25) is 0 Å². The van der Waals surface area contributed by atoms with Gasteiger partial charge in [0, 0.05) is 34.8 Å². The molecule has 0 amide bonds. The lowest BCUT2D eigenvalue weighted by molar-refractivity contribution is 0.762. The lowest BCUT2D eigenvalue weighted by Gasteiger charge is -2.29. The van der Waals surface area contributed by atoms with Crippen LogP contribution in [-0.2, 0) is 6.42 Å². The number of aryl methyl sites for hydroxylation is 3. The molecule has 0 bridgehead atoms. The molecule has 0 spiro atoms. The van der Waals surface area contributed by atoms with Gasteiger partial charge in [0.2, 0.25) is 0 Å². The maximum Gasteiger partial charge on any atom is 0.148 e. The molecule has 0 saturated heterocycles. The first kappa shape index (κ1) is 16.2. The summed E-state index contributed by atoms with van der Waals surface area (Å²) in [5.74, 6) is 1.17. The van der Waals surface area contributed by atoms with Crippen molar-refractivity contribution in [3.63, 3.8) is 0 Å². The minimum absolute atomic E-state index is 0.176. The van der Waals surface area contributed by atoms with Crippen molar-refractivity contribution in [3.05, 3.63) is 75.4 Å². The van der Waals surface area contributed by atoms with Crippen LogP contribution in [0.1, 0.15) is 57.0 Å². The number of nitrogen functional groups attached to an aromatic ring is 1. The zero-order valence-corrected chi connectivity index (χ0v) is 14.9.